The summed E-state index contributed by atoms with van der Waals surface area (Å²) in [5.41, 5.74) is 0.868. The Hall–Kier alpha value is -1.27. The van der Waals surface area contributed by atoms with Crippen molar-refractivity contribution < 1.29 is 9.72 Å². The van der Waals surface area contributed by atoms with Crippen LogP contribution in [0.1, 0.15) is 15.9 Å². The van der Waals surface area contributed by atoms with Gasteiger partial charge in [0.15, 0.2) is 5.78 Å². The Morgan fingerprint density at radius 1 is 1.33 bits per heavy atom. The normalized spacial score (nSPS) is 9.94. The molecule has 0 unspecified atom stereocenters. The molecule has 18 heavy (non-hydrogen) atoms. The lowest BCUT2D eigenvalue weighted by atomic mass is 10.1. The number of nitrogens with zero attached hydrogens (tertiary/aromatic N) is 1. The third-order valence-corrected chi connectivity index (χ3v) is 4.38. The van der Waals surface area contributed by atoms with Gasteiger partial charge in [-0.05, 0) is 19.4 Å². The van der Waals surface area contributed by atoms with Crippen molar-refractivity contribution in [2.24, 2.45) is 0 Å². The SMILES string of the molecule is CSC(=CC(=O)c1ccc(C)c([N+](=O)[O-])c1)SC. The first-order valence-electron chi connectivity index (χ1n) is 5.08. The van der Waals surface area contributed by atoms with Crippen LogP contribution in [-0.2, 0) is 0 Å². The second kappa shape index (κ2) is 6.61. The molecule has 0 aromatic heterocycles. The number of rotatable bonds is 5. The molecule has 1 aromatic rings. The Morgan fingerprint density at radius 2 is 1.94 bits per heavy atom. The van der Waals surface area contributed by atoms with Gasteiger partial charge in [-0.15, -0.1) is 23.5 Å². The van der Waals surface area contributed by atoms with Crippen molar-refractivity contribution in [3.63, 3.8) is 0 Å². The van der Waals surface area contributed by atoms with Gasteiger partial charge in [0.2, 0.25) is 0 Å². The van der Waals surface area contributed by atoms with E-state index in [1.807, 2.05) is 12.5 Å². The van der Waals surface area contributed by atoms with Crippen LogP contribution in [0.15, 0.2) is 28.5 Å². The van der Waals surface area contributed by atoms with Crippen LogP contribution in [0.3, 0.4) is 0 Å². The molecule has 0 aliphatic heterocycles. The lowest BCUT2D eigenvalue weighted by Crippen LogP contribution is -1.99. The van der Waals surface area contributed by atoms with Crippen molar-refractivity contribution in [2.45, 2.75) is 6.92 Å². The minimum absolute atomic E-state index is 0.0240. The maximum absolute atomic E-state index is 11.9. The van der Waals surface area contributed by atoms with Crippen LogP contribution in [0, 0.1) is 17.0 Å². The van der Waals surface area contributed by atoms with Crippen LogP contribution in [-0.4, -0.2) is 23.2 Å². The van der Waals surface area contributed by atoms with Crippen LogP contribution in [0.4, 0.5) is 5.69 Å². The number of hydrogen-bond acceptors (Lipinski definition) is 5. The van der Waals surface area contributed by atoms with E-state index in [9.17, 15) is 14.9 Å². The first-order valence-corrected chi connectivity index (χ1v) is 7.53. The van der Waals surface area contributed by atoms with Crippen molar-refractivity contribution >= 4 is 35.0 Å². The molecule has 0 fully saturated rings. The topological polar surface area (TPSA) is 60.2 Å². The summed E-state index contributed by atoms with van der Waals surface area (Å²) in [4.78, 5) is 22.3. The van der Waals surface area contributed by atoms with Crippen molar-refractivity contribution in [3.8, 4) is 0 Å². The lowest BCUT2D eigenvalue weighted by Gasteiger charge is -2.01. The molecule has 0 aliphatic carbocycles. The summed E-state index contributed by atoms with van der Waals surface area (Å²) in [6, 6.07) is 4.53. The summed E-state index contributed by atoms with van der Waals surface area (Å²) < 4.78 is 0.878. The predicted molar refractivity (Wildman–Crippen MR) is 77.3 cm³/mol. The van der Waals surface area contributed by atoms with Crippen molar-refractivity contribution in [1.29, 1.82) is 0 Å². The minimum atomic E-state index is -0.472. The maximum Gasteiger partial charge on any atom is 0.273 e. The molecule has 0 N–H and O–H groups in total. The summed E-state index contributed by atoms with van der Waals surface area (Å²) >= 11 is 2.95. The van der Waals surface area contributed by atoms with E-state index in [4.69, 9.17) is 0 Å². The average molecular weight is 283 g/mol. The summed E-state index contributed by atoms with van der Waals surface area (Å²) in [5, 5.41) is 10.8. The number of allylic oxidation sites excluding steroid dienone is 1. The van der Waals surface area contributed by atoms with Crippen LogP contribution in [0.2, 0.25) is 0 Å². The fourth-order valence-corrected chi connectivity index (χ4v) is 2.47. The molecule has 1 aromatic carbocycles. The van der Waals surface area contributed by atoms with Gasteiger partial charge < -0.3 is 0 Å². The number of benzene rings is 1. The molecule has 96 valence electrons. The molecule has 0 radical (unpaired) electrons. The molecule has 0 bridgehead atoms. The summed E-state index contributed by atoms with van der Waals surface area (Å²) in [5.74, 6) is -0.211. The number of carbonyl (C=O) groups excluding carboxylic acids is 1. The monoisotopic (exact) mass is 283 g/mol. The fourth-order valence-electron chi connectivity index (χ4n) is 1.35. The Balaban J connectivity index is 3.11. The van der Waals surface area contributed by atoms with E-state index in [1.54, 1.807) is 19.1 Å². The molecule has 0 aliphatic rings. The highest BCUT2D eigenvalue weighted by Crippen LogP contribution is 2.25. The minimum Gasteiger partial charge on any atom is -0.289 e. The molecule has 1 rings (SSSR count). The van der Waals surface area contributed by atoms with Gasteiger partial charge in [0.25, 0.3) is 5.69 Å². The van der Waals surface area contributed by atoms with Gasteiger partial charge in [0.05, 0.1) is 4.92 Å². The first kappa shape index (κ1) is 14.8. The second-order valence-corrected chi connectivity index (χ2v) is 5.45. The predicted octanol–water partition coefficient (Wildman–Crippen LogP) is 3.65. The Bertz CT molecular complexity index is 506. The smallest absolute Gasteiger partial charge is 0.273 e. The number of ketones is 1. The zero-order valence-electron chi connectivity index (χ0n) is 10.3. The number of thioether (sulfide) groups is 2. The van der Waals surface area contributed by atoms with E-state index < -0.39 is 4.92 Å². The van der Waals surface area contributed by atoms with E-state index in [1.165, 1.54) is 35.7 Å². The Morgan fingerprint density at radius 3 is 2.44 bits per heavy atom. The summed E-state index contributed by atoms with van der Waals surface area (Å²) in [7, 11) is 0. The molecular weight excluding hydrogens is 270 g/mol. The number of aryl methyl sites for hydroxylation is 1. The van der Waals surface area contributed by atoms with E-state index in [0.717, 1.165) is 4.24 Å². The molecule has 0 amide bonds. The van der Waals surface area contributed by atoms with Crippen LogP contribution in [0.25, 0.3) is 0 Å². The lowest BCUT2D eigenvalue weighted by molar-refractivity contribution is -0.385. The quantitative estimate of drug-likeness (QED) is 0.357. The molecule has 0 atom stereocenters. The van der Waals surface area contributed by atoms with Crippen LogP contribution in [0.5, 0.6) is 0 Å². The Labute approximate surface area is 114 Å². The van der Waals surface area contributed by atoms with Gasteiger partial charge in [-0.1, -0.05) is 12.1 Å². The maximum atomic E-state index is 11.9. The zero-order valence-corrected chi connectivity index (χ0v) is 11.9. The Kier molecular flexibility index (Phi) is 5.43. The first-order chi connectivity index (χ1) is 8.49. The molecule has 0 saturated heterocycles. The third-order valence-electron chi connectivity index (χ3n) is 2.34. The largest absolute Gasteiger partial charge is 0.289 e. The van der Waals surface area contributed by atoms with Crippen molar-refractivity contribution in [1.82, 2.24) is 0 Å². The standard InChI is InChI=1S/C12H13NO3S2/c1-8-4-5-9(6-10(8)13(15)16)11(14)7-12(17-2)18-3/h4-7H,1-3H3. The second-order valence-electron chi connectivity index (χ2n) is 3.49. The zero-order chi connectivity index (χ0) is 13.7. The van der Waals surface area contributed by atoms with Gasteiger partial charge >= 0.3 is 0 Å². The van der Waals surface area contributed by atoms with Crippen molar-refractivity contribution in [3.05, 3.63) is 49.8 Å². The number of carbonyl (C=O) groups is 1. The molecule has 6 heteroatoms. The van der Waals surface area contributed by atoms with E-state index in [0.29, 0.717) is 11.1 Å². The fraction of sp³-hybridized carbons (Fsp3) is 0.250. The van der Waals surface area contributed by atoms with E-state index in [-0.39, 0.29) is 11.5 Å². The third kappa shape index (κ3) is 3.61. The highest BCUT2D eigenvalue weighted by atomic mass is 32.2. The van der Waals surface area contributed by atoms with Gasteiger partial charge in [0.1, 0.15) is 0 Å². The summed E-state index contributed by atoms with van der Waals surface area (Å²) in [6.45, 7) is 1.65. The van der Waals surface area contributed by atoms with E-state index >= 15 is 0 Å². The van der Waals surface area contributed by atoms with Crippen LogP contribution >= 0.6 is 23.5 Å². The molecular formula is C12H13NO3S2. The number of hydrogen-bond donors (Lipinski definition) is 0. The van der Waals surface area contributed by atoms with Gasteiger partial charge in [-0.2, -0.15) is 0 Å². The highest BCUT2D eigenvalue weighted by molar-refractivity contribution is 8.21. The highest BCUT2D eigenvalue weighted by Gasteiger charge is 2.14. The van der Waals surface area contributed by atoms with Gasteiger partial charge in [-0.25, -0.2) is 0 Å². The summed E-state index contributed by atoms with van der Waals surface area (Å²) in [6.07, 6.45) is 5.27. The number of nitro groups is 1. The molecule has 4 nitrogen and oxygen atoms in total. The van der Waals surface area contributed by atoms with Gasteiger partial charge in [-0.3, -0.25) is 14.9 Å². The van der Waals surface area contributed by atoms with E-state index in [2.05, 4.69) is 0 Å². The number of nitro benzene ring substituents is 1. The molecule has 0 heterocycles. The molecule has 0 spiro atoms. The average Bonchev–Trinajstić information content (AvgIpc) is 2.35. The van der Waals surface area contributed by atoms with Crippen molar-refractivity contribution in [2.75, 3.05) is 12.5 Å². The van der Waals surface area contributed by atoms with Gasteiger partial charge in [0, 0.05) is 27.5 Å². The van der Waals surface area contributed by atoms with Crippen LogP contribution < -0.4 is 0 Å². The molecule has 0 saturated carbocycles.